The maximum Gasteiger partial charge on any atom is 0.387 e. The third kappa shape index (κ3) is 5.84. The second-order valence-electron chi connectivity index (χ2n) is 4.46. The third-order valence-corrected chi connectivity index (χ3v) is 3.58. The van der Waals surface area contributed by atoms with Gasteiger partial charge in [-0.15, -0.1) is 11.3 Å². The number of hydrazine groups is 1. The molecule has 0 spiro atoms. The first-order valence-corrected chi connectivity index (χ1v) is 7.68. The van der Waals surface area contributed by atoms with Gasteiger partial charge in [0.1, 0.15) is 5.75 Å². The van der Waals surface area contributed by atoms with Crippen molar-refractivity contribution in [1.82, 2.24) is 10.9 Å². The second-order valence-corrected chi connectivity index (χ2v) is 5.41. The third-order valence-electron chi connectivity index (χ3n) is 2.71. The molecule has 0 unspecified atom stereocenters. The number of nitrogens with one attached hydrogen (secondary N) is 2. The summed E-state index contributed by atoms with van der Waals surface area (Å²) in [7, 11) is 0. The lowest BCUT2D eigenvalue weighted by Crippen LogP contribution is -2.43. The number of esters is 1. The minimum atomic E-state index is -2.97. The van der Waals surface area contributed by atoms with Crippen LogP contribution in [0.3, 0.4) is 0 Å². The molecule has 2 amide bonds. The molecule has 10 heteroatoms. The number of carbonyl (C=O) groups excluding carboxylic acids is 3. The number of hydrogen-bond donors (Lipinski definition) is 2. The summed E-state index contributed by atoms with van der Waals surface area (Å²) < 4.78 is 32.9. The quantitative estimate of drug-likeness (QED) is 0.599. The number of rotatable bonds is 6. The van der Waals surface area contributed by atoms with E-state index in [2.05, 4.69) is 15.6 Å². The number of benzene rings is 1. The van der Waals surface area contributed by atoms with E-state index in [0.29, 0.717) is 4.88 Å². The van der Waals surface area contributed by atoms with Gasteiger partial charge in [0.25, 0.3) is 11.8 Å². The van der Waals surface area contributed by atoms with Crippen LogP contribution in [0.2, 0.25) is 0 Å². The zero-order chi connectivity index (χ0) is 18.2. The fraction of sp³-hybridized carbons (Fsp3) is 0.133. The number of halogens is 2. The summed E-state index contributed by atoms with van der Waals surface area (Å²) in [5, 5.41) is 1.70. The van der Waals surface area contributed by atoms with Crippen LogP contribution in [0.5, 0.6) is 5.75 Å². The summed E-state index contributed by atoms with van der Waals surface area (Å²) in [5.41, 5.74) is 4.32. The molecule has 2 rings (SSSR count). The molecular formula is C15H12F2N2O5S. The van der Waals surface area contributed by atoms with Gasteiger partial charge in [0, 0.05) is 0 Å². The fourth-order valence-corrected chi connectivity index (χ4v) is 2.24. The number of thiophene rings is 1. The van der Waals surface area contributed by atoms with Crippen molar-refractivity contribution in [3.8, 4) is 5.75 Å². The monoisotopic (exact) mass is 370 g/mol. The van der Waals surface area contributed by atoms with E-state index in [9.17, 15) is 23.2 Å². The van der Waals surface area contributed by atoms with E-state index in [1.165, 1.54) is 35.6 Å². The molecule has 0 atom stereocenters. The van der Waals surface area contributed by atoms with Crippen LogP contribution in [0, 0.1) is 0 Å². The number of alkyl halides is 2. The smallest absolute Gasteiger partial charge is 0.387 e. The molecule has 2 aromatic rings. The molecule has 0 saturated carbocycles. The van der Waals surface area contributed by atoms with Crippen molar-refractivity contribution < 1.29 is 32.6 Å². The molecule has 1 aromatic heterocycles. The molecule has 7 nitrogen and oxygen atoms in total. The van der Waals surface area contributed by atoms with Gasteiger partial charge in [-0.05, 0) is 35.7 Å². The van der Waals surface area contributed by atoms with Crippen LogP contribution in [-0.2, 0) is 9.53 Å². The van der Waals surface area contributed by atoms with Crippen molar-refractivity contribution in [3.05, 3.63) is 52.2 Å². The zero-order valence-electron chi connectivity index (χ0n) is 12.5. The Bertz CT molecular complexity index is 735. The van der Waals surface area contributed by atoms with E-state index in [1.54, 1.807) is 17.5 Å². The van der Waals surface area contributed by atoms with Gasteiger partial charge in [-0.25, -0.2) is 4.79 Å². The lowest BCUT2D eigenvalue weighted by Gasteiger charge is -2.08. The molecule has 0 bridgehead atoms. The van der Waals surface area contributed by atoms with E-state index in [4.69, 9.17) is 4.74 Å². The van der Waals surface area contributed by atoms with Gasteiger partial charge in [-0.2, -0.15) is 8.78 Å². The maximum atomic E-state index is 12.0. The number of ether oxygens (including phenoxy) is 2. The summed E-state index contributed by atoms with van der Waals surface area (Å²) in [6, 6.07) is 8.04. The number of amides is 2. The highest BCUT2D eigenvalue weighted by Crippen LogP contribution is 2.15. The van der Waals surface area contributed by atoms with E-state index < -0.39 is 31.0 Å². The standard InChI is InChI=1S/C15H12F2N2O5S/c16-15(17)24-10-5-3-9(4-6-10)14(22)23-8-12(20)18-19-13(21)11-2-1-7-25-11/h1-7,15H,8H2,(H,18,20)(H,19,21). The highest BCUT2D eigenvalue weighted by Gasteiger charge is 2.12. The molecule has 132 valence electrons. The van der Waals surface area contributed by atoms with Gasteiger partial charge in [0.15, 0.2) is 6.61 Å². The SMILES string of the molecule is O=C(COC(=O)c1ccc(OC(F)F)cc1)NNC(=O)c1cccs1. The summed E-state index contributed by atoms with van der Waals surface area (Å²) in [4.78, 5) is 35.3. The lowest BCUT2D eigenvalue weighted by atomic mass is 10.2. The topological polar surface area (TPSA) is 93.7 Å². The molecule has 0 aliphatic carbocycles. The Hall–Kier alpha value is -3.01. The summed E-state index contributed by atoms with van der Waals surface area (Å²) in [6.07, 6.45) is 0. The van der Waals surface area contributed by atoms with E-state index in [0.717, 1.165) is 0 Å². The van der Waals surface area contributed by atoms with Crippen LogP contribution >= 0.6 is 11.3 Å². The largest absolute Gasteiger partial charge is 0.452 e. The van der Waals surface area contributed by atoms with E-state index in [-0.39, 0.29) is 11.3 Å². The minimum absolute atomic E-state index is 0.0528. The molecule has 0 radical (unpaired) electrons. The summed E-state index contributed by atoms with van der Waals surface area (Å²) in [6.45, 7) is -3.59. The highest BCUT2D eigenvalue weighted by atomic mass is 32.1. The Morgan fingerprint density at radius 3 is 2.40 bits per heavy atom. The van der Waals surface area contributed by atoms with Crippen LogP contribution in [-0.4, -0.2) is 31.0 Å². The molecule has 25 heavy (non-hydrogen) atoms. The Kier molecular flexibility index (Phi) is 6.40. The molecule has 0 saturated heterocycles. The predicted molar refractivity (Wildman–Crippen MR) is 83.3 cm³/mol. The van der Waals surface area contributed by atoms with E-state index in [1.807, 2.05) is 0 Å². The van der Waals surface area contributed by atoms with Crippen LogP contribution in [0.15, 0.2) is 41.8 Å². The molecule has 2 N–H and O–H groups in total. The Labute approximate surface area is 144 Å². The van der Waals surface area contributed by atoms with Crippen molar-refractivity contribution in [2.24, 2.45) is 0 Å². The van der Waals surface area contributed by atoms with Crippen molar-refractivity contribution in [2.75, 3.05) is 6.61 Å². The minimum Gasteiger partial charge on any atom is -0.452 e. The second kappa shape index (κ2) is 8.73. The van der Waals surface area contributed by atoms with Crippen molar-refractivity contribution >= 4 is 29.1 Å². The number of carbonyl (C=O) groups is 3. The van der Waals surface area contributed by atoms with Crippen LogP contribution < -0.4 is 15.6 Å². The van der Waals surface area contributed by atoms with Gasteiger partial charge in [-0.1, -0.05) is 6.07 Å². The average Bonchev–Trinajstić information content (AvgIpc) is 3.12. The van der Waals surface area contributed by atoms with Crippen molar-refractivity contribution in [1.29, 1.82) is 0 Å². The summed E-state index contributed by atoms with van der Waals surface area (Å²) in [5.74, 6) is -2.18. The average molecular weight is 370 g/mol. The molecule has 0 aliphatic rings. The molecule has 1 aromatic carbocycles. The molecule has 1 heterocycles. The normalized spacial score (nSPS) is 10.2. The van der Waals surface area contributed by atoms with E-state index >= 15 is 0 Å². The molecule has 0 aliphatic heterocycles. The van der Waals surface area contributed by atoms with Gasteiger partial charge in [0.2, 0.25) is 0 Å². The predicted octanol–water partition coefficient (Wildman–Crippen LogP) is 1.97. The first kappa shape index (κ1) is 18.3. The van der Waals surface area contributed by atoms with Gasteiger partial charge in [-0.3, -0.25) is 20.4 Å². The van der Waals surface area contributed by atoms with Crippen molar-refractivity contribution in [2.45, 2.75) is 6.61 Å². The Balaban J connectivity index is 1.75. The van der Waals surface area contributed by atoms with Gasteiger partial charge < -0.3 is 9.47 Å². The maximum absolute atomic E-state index is 12.0. The first-order chi connectivity index (χ1) is 12.0. The van der Waals surface area contributed by atoms with Gasteiger partial charge in [0.05, 0.1) is 10.4 Å². The van der Waals surface area contributed by atoms with Crippen LogP contribution in [0.4, 0.5) is 8.78 Å². The number of hydrogen-bond acceptors (Lipinski definition) is 6. The molecular weight excluding hydrogens is 358 g/mol. The first-order valence-electron chi connectivity index (χ1n) is 6.80. The van der Waals surface area contributed by atoms with Crippen molar-refractivity contribution in [3.63, 3.8) is 0 Å². The van der Waals surface area contributed by atoms with Gasteiger partial charge >= 0.3 is 12.6 Å². The zero-order valence-corrected chi connectivity index (χ0v) is 13.3. The van der Waals surface area contributed by atoms with Crippen LogP contribution in [0.25, 0.3) is 0 Å². The summed E-state index contributed by atoms with van der Waals surface area (Å²) >= 11 is 1.20. The fourth-order valence-electron chi connectivity index (χ4n) is 1.62. The van der Waals surface area contributed by atoms with Crippen LogP contribution in [0.1, 0.15) is 20.0 Å². The molecule has 0 fully saturated rings. The highest BCUT2D eigenvalue weighted by molar-refractivity contribution is 7.12. The Morgan fingerprint density at radius 2 is 1.80 bits per heavy atom. The lowest BCUT2D eigenvalue weighted by molar-refractivity contribution is -0.125. The Morgan fingerprint density at radius 1 is 1.08 bits per heavy atom.